The molecule has 1 aromatic heterocycles. The van der Waals surface area contributed by atoms with Gasteiger partial charge in [-0.05, 0) is 29.9 Å². The van der Waals surface area contributed by atoms with Crippen LogP contribution in [0.15, 0.2) is 40.0 Å². The second kappa shape index (κ2) is 5.31. The molecule has 6 nitrogen and oxygen atoms in total. The third kappa shape index (κ3) is 2.87. The Bertz CT molecular complexity index is 805. The van der Waals surface area contributed by atoms with E-state index in [2.05, 4.69) is 9.97 Å². The molecule has 0 atom stereocenters. The Morgan fingerprint density at radius 1 is 1.10 bits per heavy atom. The third-order valence-electron chi connectivity index (χ3n) is 2.70. The Kier molecular flexibility index (Phi) is 3.89. The molecule has 20 heavy (non-hydrogen) atoms. The van der Waals surface area contributed by atoms with Gasteiger partial charge in [-0.15, -0.1) is 0 Å². The van der Waals surface area contributed by atoms with E-state index in [0.29, 0.717) is 11.3 Å². The summed E-state index contributed by atoms with van der Waals surface area (Å²) < 4.78 is 25.2. The first-order valence-corrected chi connectivity index (χ1v) is 7.52. The standard InChI is InChI=1S/C12H13N3O3S2/c1-15(2)20(17,18)9-5-3-8(4-6-9)10-7-11(16)14-12(19)13-10/h3-7H,1-2H3,(H2,13,14,16,19). The highest BCUT2D eigenvalue weighted by Crippen LogP contribution is 2.19. The van der Waals surface area contributed by atoms with E-state index in [1.54, 1.807) is 12.1 Å². The van der Waals surface area contributed by atoms with Crippen LogP contribution in [-0.4, -0.2) is 36.8 Å². The highest BCUT2D eigenvalue weighted by molar-refractivity contribution is 7.89. The monoisotopic (exact) mass is 311 g/mol. The molecule has 0 spiro atoms. The van der Waals surface area contributed by atoms with E-state index < -0.39 is 10.0 Å². The zero-order chi connectivity index (χ0) is 14.9. The van der Waals surface area contributed by atoms with E-state index in [1.165, 1.54) is 32.3 Å². The number of nitrogens with one attached hydrogen (secondary N) is 2. The summed E-state index contributed by atoms with van der Waals surface area (Å²) in [5.41, 5.74) is 0.904. The van der Waals surface area contributed by atoms with Gasteiger partial charge in [0.1, 0.15) is 0 Å². The van der Waals surface area contributed by atoms with Gasteiger partial charge in [-0.2, -0.15) is 0 Å². The largest absolute Gasteiger partial charge is 0.332 e. The van der Waals surface area contributed by atoms with Gasteiger partial charge in [0.05, 0.1) is 10.6 Å². The molecule has 0 aliphatic heterocycles. The number of hydrogen-bond donors (Lipinski definition) is 2. The molecule has 106 valence electrons. The van der Waals surface area contributed by atoms with E-state index >= 15 is 0 Å². The maximum atomic E-state index is 11.9. The van der Waals surface area contributed by atoms with Crippen LogP contribution in [0, 0.1) is 4.77 Å². The zero-order valence-corrected chi connectivity index (χ0v) is 12.5. The summed E-state index contributed by atoms with van der Waals surface area (Å²) in [5.74, 6) is 0. The minimum Gasteiger partial charge on any atom is -0.332 e. The van der Waals surface area contributed by atoms with Gasteiger partial charge in [0, 0.05) is 20.2 Å². The van der Waals surface area contributed by atoms with Crippen molar-refractivity contribution >= 4 is 22.2 Å². The topological polar surface area (TPSA) is 86.0 Å². The summed E-state index contributed by atoms with van der Waals surface area (Å²) in [7, 11) is -0.519. The Morgan fingerprint density at radius 3 is 2.20 bits per heavy atom. The number of benzene rings is 1. The predicted molar refractivity (Wildman–Crippen MR) is 78.6 cm³/mol. The second-order valence-corrected chi connectivity index (χ2v) is 6.87. The average Bonchev–Trinajstić information content (AvgIpc) is 2.37. The van der Waals surface area contributed by atoms with Crippen LogP contribution in [0.25, 0.3) is 11.3 Å². The number of rotatable bonds is 3. The molecule has 0 fully saturated rings. The van der Waals surface area contributed by atoms with Gasteiger partial charge in [0.25, 0.3) is 5.56 Å². The van der Waals surface area contributed by atoms with Crippen molar-refractivity contribution in [2.24, 2.45) is 0 Å². The maximum Gasteiger partial charge on any atom is 0.252 e. The summed E-state index contributed by atoms with van der Waals surface area (Å²) in [6.07, 6.45) is 0. The van der Waals surface area contributed by atoms with Crippen LogP contribution < -0.4 is 5.56 Å². The van der Waals surface area contributed by atoms with Crippen LogP contribution in [0.2, 0.25) is 0 Å². The van der Waals surface area contributed by atoms with Crippen molar-refractivity contribution in [3.05, 3.63) is 45.5 Å². The molecule has 8 heteroatoms. The first kappa shape index (κ1) is 14.6. The molecule has 0 aliphatic rings. The number of aromatic amines is 2. The lowest BCUT2D eigenvalue weighted by molar-refractivity contribution is 0.521. The number of hydrogen-bond acceptors (Lipinski definition) is 4. The van der Waals surface area contributed by atoms with Gasteiger partial charge in [-0.25, -0.2) is 12.7 Å². The molecule has 0 radical (unpaired) electrons. The second-order valence-electron chi connectivity index (χ2n) is 4.31. The summed E-state index contributed by atoms with van der Waals surface area (Å²) in [5, 5.41) is 0. The Morgan fingerprint density at radius 2 is 1.70 bits per heavy atom. The van der Waals surface area contributed by atoms with Crippen LogP contribution in [0.4, 0.5) is 0 Å². The molecular formula is C12H13N3O3S2. The minimum absolute atomic E-state index is 0.190. The fourth-order valence-electron chi connectivity index (χ4n) is 1.64. The normalized spacial score (nSPS) is 11.8. The van der Waals surface area contributed by atoms with Crippen molar-refractivity contribution in [1.29, 1.82) is 0 Å². The van der Waals surface area contributed by atoms with Crippen molar-refractivity contribution in [2.45, 2.75) is 4.90 Å². The van der Waals surface area contributed by atoms with Crippen LogP contribution >= 0.6 is 12.2 Å². The number of sulfonamides is 1. The Hall–Kier alpha value is -1.77. The molecule has 2 N–H and O–H groups in total. The molecular weight excluding hydrogens is 298 g/mol. The van der Waals surface area contributed by atoms with E-state index in [1.807, 2.05) is 0 Å². The van der Waals surface area contributed by atoms with Crippen LogP contribution in [-0.2, 0) is 10.0 Å². The van der Waals surface area contributed by atoms with Gasteiger partial charge >= 0.3 is 0 Å². The van der Waals surface area contributed by atoms with E-state index in [9.17, 15) is 13.2 Å². The van der Waals surface area contributed by atoms with Gasteiger partial charge in [0.15, 0.2) is 4.77 Å². The maximum absolute atomic E-state index is 11.9. The quantitative estimate of drug-likeness (QED) is 0.838. The van der Waals surface area contributed by atoms with Crippen LogP contribution in [0.1, 0.15) is 0 Å². The highest BCUT2D eigenvalue weighted by Gasteiger charge is 2.16. The summed E-state index contributed by atoms with van der Waals surface area (Å²) >= 11 is 4.89. The number of nitrogens with zero attached hydrogens (tertiary/aromatic N) is 1. The van der Waals surface area contributed by atoms with Gasteiger partial charge in [-0.3, -0.25) is 9.78 Å². The van der Waals surface area contributed by atoms with E-state index in [-0.39, 0.29) is 15.2 Å². The predicted octanol–water partition coefficient (Wildman–Crippen LogP) is 1.35. The van der Waals surface area contributed by atoms with E-state index in [0.717, 1.165) is 4.31 Å². The number of H-pyrrole nitrogens is 2. The van der Waals surface area contributed by atoms with Crippen molar-refractivity contribution in [3.8, 4) is 11.3 Å². The Labute approximate surface area is 121 Å². The van der Waals surface area contributed by atoms with Crippen LogP contribution in [0.5, 0.6) is 0 Å². The summed E-state index contributed by atoms with van der Waals surface area (Å²) in [6, 6.07) is 7.59. The van der Waals surface area contributed by atoms with Crippen molar-refractivity contribution in [2.75, 3.05) is 14.1 Å². The first-order valence-electron chi connectivity index (χ1n) is 5.67. The third-order valence-corrected chi connectivity index (χ3v) is 4.74. The molecule has 0 bridgehead atoms. The molecule has 0 amide bonds. The lowest BCUT2D eigenvalue weighted by atomic mass is 10.1. The number of aromatic nitrogens is 2. The molecule has 1 heterocycles. The van der Waals surface area contributed by atoms with Gasteiger partial charge < -0.3 is 4.98 Å². The SMILES string of the molecule is CN(C)S(=O)(=O)c1ccc(-c2cc(=O)[nH]c(=S)[nH]2)cc1. The fourth-order valence-corrected chi connectivity index (χ4v) is 2.75. The lowest BCUT2D eigenvalue weighted by Gasteiger charge is -2.11. The molecule has 0 unspecified atom stereocenters. The average molecular weight is 311 g/mol. The molecule has 0 saturated carbocycles. The van der Waals surface area contributed by atoms with Gasteiger partial charge in [-0.1, -0.05) is 12.1 Å². The zero-order valence-electron chi connectivity index (χ0n) is 10.9. The van der Waals surface area contributed by atoms with Crippen molar-refractivity contribution in [1.82, 2.24) is 14.3 Å². The molecule has 2 rings (SSSR count). The fraction of sp³-hybridized carbons (Fsp3) is 0.167. The van der Waals surface area contributed by atoms with E-state index in [4.69, 9.17) is 12.2 Å². The molecule has 0 saturated heterocycles. The molecule has 2 aromatic rings. The lowest BCUT2D eigenvalue weighted by Crippen LogP contribution is -2.22. The molecule has 1 aromatic carbocycles. The summed E-state index contributed by atoms with van der Waals surface area (Å²) in [4.78, 5) is 16.8. The Balaban J connectivity index is 2.48. The molecule has 0 aliphatic carbocycles. The first-order chi connectivity index (χ1) is 9.30. The smallest absolute Gasteiger partial charge is 0.252 e. The van der Waals surface area contributed by atoms with Crippen molar-refractivity contribution in [3.63, 3.8) is 0 Å². The minimum atomic E-state index is -3.46. The van der Waals surface area contributed by atoms with Gasteiger partial charge in [0.2, 0.25) is 10.0 Å². The van der Waals surface area contributed by atoms with Crippen LogP contribution in [0.3, 0.4) is 0 Å². The summed E-state index contributed by atoms with van der Waals surface area (Å²) in [6.45, 7) is 0. The van der Waals surface area contributed by atoms with Crippen molar-refractivity contribution < 1.29 is 8.42 Å². The highest BCUT2D eigenvalue weighted by atomic mass is 32.2.